The van der Waals surface area contributed by atoms with Crippen LogP contribution in [0, 0.1) is 6.92 Å². The molecule has 0 radical (unpaired) electrons. The van der Waals surface area contributed by atoms with Gasteiger partial charge in [0, 0.05) is 50.7 Å². The number of halogens is 6. The van der Waals surface area contributed by atoms with Crippen molar-refractivity contribution in [2.24, 2.45) is 0 Å². The van der Waals surface area contributed by atoms with Gasteiger partial charge in [-0.1, -0.05) is 12.1 Å². The number of piperidine rings is 1. The van der Waals surface area contributed by atoms with Gasteiger partial charge in [-0.3, -0.25) is 14.5 Å². The number of rotatable bonds is 7. The Labute approximate surface area is 233 Å². The van der Waals surface area contributed by atoms with Crippen molar-refractivity contribution in [1.82, 2.24) is 14.8 Å². The Morgan fingerprint density at radius 3 is 2.34 bits per heavy atom. The average molecular weight is 589 g/mol. The molecule has 41 heavy (non-hydrogen) atoms. The Hall–Kier alpha value is -3.06. The van der Waals surface area contributed by atoms with Crippen LogP contribution in [0.1, 0.15) is 71.7 Å². The molecule has 2 aromatic rings. The van der Waals surface area contributed by atoms with Crippen molar-refractivity contribution in [3.63, 3.8) is 0 Å². The van der Waals surface area contributed by atoms with Gasteiger partial charge in [0.1, 0.15) is 0 Å². The smallest absolute Gasteiger partial charge is 0.381 e. The third-order valence-electron chi connectivity index (χ3n) is 7.75. The maximum absolute atomic E-state index is 13.6. The summed E-state index contributed by atoms with van der Waals surface area (Å²) in [4.78, 5) is 28.0. The summed E-state index contributed by atoms with van der Waals surface area (Å²) in [5, 5.41) is 5.96. The molecular weight excluding hydrogens is 554 g/mol. The van der Waals surface area contributed by atoms with Crippen LogP contribution >= 0.6 is 0 Å². The number of carbonyl (C=O) groups is 1. The van der Waals surface area contributed by atoms with E-state index in [0.29, 0.717) is 44.5 Å². The number of amides is 1. The van der Waals surface area contributed by atoms with Gasteiger partial charge in [-0.25, -0.2) is 0 Å². The highest BCUT2D eigenvalue weighted by atomic mass is 19.4. The number of alkyl halides is 6. The molecule has 2 saturated heterocycles. The quantitative estimate of drug-likeness (QED) is 0.421. The molecule has 2 aliphatic rings. The van der Waals surface area contributed by atoms with Crippen LogP contribution in [0.2, 0.25) is 0 Å². The zero-order chi connectivity index (χ0) is 29.9. The van der Waals surface area contributed by atoms with Gasteiger partial charge in [-0.05, 0) is 56.7 Å². The van der Waals surface area contributed by atoms with Gasteiger partial charge in [0.05, 0.1) is 29.4 Å². The number of benzene rings is 1. The SMILES string of the molecule is Cc1c([C@@H](C)NC(=O)c2cn(C3CCOCC3)c(=O)cc2NC2CCN(CC(F)(F)F)CC2)cccc1C(F)(F)F. The Kier molecular flexibility index (Phi) is 9.37. The molecule has 7 nitrogen and oxygen atoms in total. The highest BCUT2D eigenvalue weighted by Gasteiger charge is 2.34. The number of aromatic nitrogens is 1. The van der Waals surface area contributed by atoms with Gasteiger partial charge in [0.2, 0.25) is 0 Å². The van der Waals surface area contributed by atoms with Gasteiger partial charge >= 0.3 is 12.4 Å². The van der Waals surface area contributed by atoms with Crippen LogP contribution in [-0.2, 0) is 10.9 Å². The highest BCUT2D eigenvalue weighted by Crippen LogP contribution is 2.34. The van der Waals surface area contributed by atoms with Crippen molar-refractivity contribution < 1.29 is 35.9 Å². The van der Waals surface area contributed by atoms with Crippen LogP contribution in [0.3, 0.4) is 0 Å². The van der Waals surface area contributed by atoms with E-state index in [9.17, 15) is 35.9 Å². The summed E-state index contributed by atoms with van der Waals surface area (Å²) in [6.07, 6.45) is -5.48. The van der Waals surface area contributed by atoms with Gasteiger partial charge in [0.25, 0.3) is 11.5 Å². The van der Waals surface area contributed by atoms with Crippen LogP contribution in [-0.4, -0.2) is 60.4 Å². The first-order chi connectivity index (χ1) is 19.2. The van der Waals surface area contributed by atoms with E-state index in [0.717, 1.165) is 6.07 Å². The normalized spacial score (nSPS) is 18.7. The number of carbonyl (C=O) groups excluding carboxylic acids is 1. The number of nitrogens with one attached hydrogen (secondary N) is 2. The lowest BCUT2D eigenvalue weighted by Crippen LogP contribution is -2.43. The lowest BCUT2D eigenvalue weighted by molar-refractivity contribution is -0.147. The number of hydrogen-bond acceptors (Lipinski definition) is 5. The summed E-state index contributed by atoms with van der Waals surface area (Å²) in [5.74, 6) is -0.591. The first-order valence-corrected chi connectivity index (χ1v) is 13.6. The zero-order valence-electron chi connectivity index (χ0n) is 22.9. The molecular formula is C28H34F6N4O3. The van der Waals surface area contributed by atoms with E-state index in [2.05, 4.69) is 10.6 Å². The van der Waals surface area contributed by atoms with Crippen LogP contribution < -0.4 is 16.2 Å². The number of hydrogen-bond donors (Lipinski definition) is 2. The minimum Gasteiger partial charge on any atom is -0.381 e. The zero-order valence-corrected chi connectivity index (χ0v) is 22.9. The van der Waals surface area contributed by atoms with E-state index < -0.39 is 36.4 Å². The van der Waals surface area contributed by atoms with E-state index in [1.807, 2.05) is 0 Å². The number of likely N-dealkylation sites (tertiary alicyclic amines) is 1. The van der Waals surface area contributed by atoms with E-state index in [4.69, 9.17) is 4.74 Å². The van der Waals surface area contributed by atoms with Gasteiger partial charge < -0.3 is 19.9 Å². The van der Waals surface area contributed by atoms with Crippen LogP contribution in [0.15, 0.2) is 35.3 Å². The molecule has 1 aromatic carbocycles. The van der Waals surface area contributed by atoms with E-state index in [-0.39, 0.29) is 47.5 Å². The average Bonchev–Trinajstić information content (AvgIpc) is 2.89. The van der Waals surface area contributed by atoms with Crippen molar-refractivity contribution in [3.8, 4) is 0 Å². The van der Waals surface area contributed by atoms with Crippen molar-refractivity contribution in [2.45, 2.75) is 70.0 Å². The van der Waals surface area contributed by atoms with Crippen molar-refractivity contribution >= 4 is 11.6 Å². The monoisotopic (exact) mass is 588 g/mol. The molecule has 0 aliphatic carbocycles. The summed E-state index contributed by atoms with van der Waals surface area (Å²) in [6, 6.07) is 3.86. The molecule has 2 fully saturated rings. The van der Waals surface area contributed by atoms with Crippen molar-refractivity contribution in [1.29, 1.82) is 0 Å². The predicted octanol–water partition coefficient (Wildman–Crippen LogP) is 5.46. The molecule has 1 atom stereocenters. The first kappa shape index (κ1) is 30.9. The van der Waals surface area contributed by atoms with Crippen LogP contribution in [0.4, 0.5) is 32.0 Å². The third kappa shape index (κ3) is 7.82. The molecule has 1 amide bonds. The molecule has 3 heterocycles. The summed E-state index contributed by atoms with van der Waals surface area (Å²) in [6.45, 7) is 3.25. The van der Waals surface area contributed by atoms with E-state index >= 15 is 0 Å². The maximum atomic E-state index is 13.6. The molecule has 1 aromatic heterocycles. The summed E-state index contributed by atoms with van der Waals surface area (Å²) >= 11 is 0. The molecule has 0 bridgehead atoms. The molecule has 226 valence electrons. The van der Waals surface area contributed by atoms with Crippen LogP contribution in [0.25, 0.3) is 0 Å². The Balaban J connectivity index is 1.59. The van der Waals surface area contributed by atoms with Gasteiger partial charge in [-0.2, -0.15) is 26.3 Å². The lowest BCUT2D eigenvalue weighted by Gasteiger charge is -2.33. The van der Waals surface area contributed by atoms with Crippen molar-refractivity contribution in [2.75, 3.05) is 38.2 Å². The molecule has 0 spiro atoms. The number of anilines is 1. The Bertz CT molecular complexity index is 1280. The standard InChI is InChI=1S/C28H34F6N4O3/c1-17-21(4-3-5-23(17)28(32,33)34)18(2)35-26(40)22-15-38(20-8-12-41-13-9-20)25(39)14-24(22)36-19-6-10-37(11-7-19)16-27(29,30)31/h3-5,14-15,18-20,36H,6-13,16H2,1-2H3,(H,35,40)/t18-/m1/s1. The Morgan fingerprint density at radius 1 is 1.07 bits per heavy atom. The summed E-state index contributed by atoms with van der Waals surface area (Å²) in [5.41, 5.74) is -0.458. The molecule has 0 unspecified atom stereocenters. The summed E-state index contributed by atoms with van der Waals surface area (Å²) in [7, 11) is 0. The lowest BCUT2D eigenvalue weighted by atomic mass is 9.97. The number of nitrogens with zero attached hydrogens (tertiary/aromatic N) is 2. The van der Waals surface area contributed by atoms with Gasteiger partial charge in [-0.15, -0.1) is 0 Å². The van der Waals surface area contributed by atoms with E-state index in [1.165, 1.54) is 40.8 Å². The fourth-order valence-corrected chi connectivity index (χ4v) is 5.59. The molecule has 4 rings (SSSR count). The molecule has 2 aliphatic heterocycles. The second-order valence-corrected chi connectivity index (χ2v) is 10.7. The fraction of sp³-hybridized carbons (Fsp3) is 0.571. The third-order valence-corrected chi connectivity index (χ3v) is 7.75. The largest absolute Gasteiger partial charge is 0.416 e. The molecule has 13 heteroatoms. The number of ether oxygens (including phenoxy) is 1. The van der Waals surface area contributed by atoms with E-state index in [1.54, 1.807) is 6.92 Å². The fourth-order valence-electron chi connectivity index (χ4n) is 5.59. The molecule has 0 saturated carbocycles. The summed E-state index contributed by atoms with van der Waals surface area (Å²) < 4.78 is 85.6. The Morgan fingerprint density at radius 2 is 1.73 bits per heavy atom. The second kappa shape index (κ2) is 12.4. The van der Waals surface area contributed by atoms with Crippen LogP contribution in [0.5, 0.6) is 0 Å². The maximum Gasteiger partial charge on any atom is 0.416 e. The topological polar surface area (TPSA) is 75.6 Å². The predicted molar refractivity (Wildman–Crippen MR) is 141 cm³/mol. The van der Waals surface area contributed by atoms with Gasteiger partial charge in [0.15, 0.2) is 0 Å². The second-order valence-electron chi connectivity index (χ2n) is 10.7. The highest BCUT2D eigenvalue weighted by molar-refractivity contribution is 5.99. The minimum absolute atomic E-state index is 0.00365. The van der Waals surface area contributed by atoms with Crippen molar-refractivity contribution in [3.05, 3.63) is 63.1 Å². The molecule has 2 N–H and O–H groups in total. The first-order valence-electron chi connectivity index (χ1n) is 13.6. The minimum atomic E-state index is -4.55. The number of pyridine rings is 1.